The fourth-order valence-corrected chi connectivity index (χ4v) is 3.08. The smallest absolute Gasteiger partial charge is 0.416 e. The quantitative estimate of drug-likeness (QED) is 0.436. The molecule has 1 aromatic heterocycles. The number of nitrogens with one attached hydrogen (secondary N) is 1. The number of carbonyl (C=O) groups excluding carboxylic acids is 3. The second-order valence-electron chi connectivity index (χ2n) is 6.09. The van der Waals surface area contributed by atoms with Gasteiger partial charge < -0.3 is 10.1 Å². The maximum atomic E-state index is 12.7. The molecule has 30 heavy (non-hydrogen) atoms. The summed E-state index contributed by atoms with van der Waals surface area (Å²) in [6.07, 6.45) is -4.58. The number of hydrogen-bond acceptors (Lipinski definition) is 5. The van der Waals surface area contributed by atoms with Gasteiger partial charge in [0, 0.05) is 11.3 Å². The zero-order chi connectivity index (χ0) is 21.7. The Kier molecular flexibility index (Phi) is 6.31. The molecule has 1 amide bonds. The van der Waals surface area contributed by atoms with Crippen LogP contribution in [0.15, 0.2) is 66.0 Å². The first kappa shape index (κ1) is 21.3. The minimum atomic E-state index is -4.58. The van der Waals surface area contributed by atoms with Crippen molar-refractivity contribution in [2.24, 2.45) is 0 Å². The van der Waals surface area contributed by atoms with Gasteiger partial charge in [-0.15, -0.1) is 11.3 Å². The number of ether oxygens (including phenoxy) is 1. The highest BCUT2D eigenvalue weighted by Crippen LogP contribution is 2.29. The summed E-state index contributed by atoms with van der Waals surface area (Å²) in [4.78, 5) is 36.7. The highest BCUT2D eigenvalue weighted by Gasteiger charge is 2.31. The van der Waals surface area contributed by atoms with Crippen LogP contribution < -0.4 is 5.32 Å². The summed E-state index contributed by atoms with van der Waals surface area (Å²) in [7, 11) is 0. The highest BCUT2D eigenvalue weighted by atomic mass is 32.1. The number of benzene rings is 2. The molecule has 3 rings (SSSR count). The van der Waals surface area contributed by atoms with E-state index in [0.717, 1.165) is 12.1 Å². The van der Waals surface area contributed by atoms with Crippen molar-refractivity contribution in [3.05, 3.63) is 87.6 Å². The van der Waals surface area contributed by atoms with Gasteiger partial charge in [0.1, 0.15) is 0 Å². The van der Waals surface area contributed by atoms with E-state index in [-0.39, 0.29) is 17.0 Å². The Labute approximate surface area is 173 Å². The van der Waals surface area contributed by atoms with Gasteiger partial charge in [-0.05, 0) is 47.8 Å². The highest BCUT2D eigenvalue weighted by molar-refractivity contribution is 7.12. The molecule has 0 saturated heterocycles. The van der Waals surface area contributed by atoms with Crippen molar-refractivity contribution in [1.29, 1.82) is 0 Å². The van der Waals surface area contributed by atoms with Crippen LogP contribution >= 0.6 is 11.3 Å². The molecule has 0 atom stereocenters. The number of anilines is 1. The van der Waals surface area contributed by atoms with E-state index in [0.29, 0.717) is 16.6 Å². The monoisotopic (exact) mass is 433 g/mol. The molecular weight excluding hydrogens is 419 g/mol. The van der Waals surface area contributed by atoms with Gasteiger partial charge in [0.15, 0.2) is 12.4 Å². The standard InChI is InChI=1S/C21H14F3NO4S/c22-21(23,24)15-4-1-3-14(11-15)17(26)12-29-20(28)13-6-8-16(9-7-13)25-19(27)18-5-2-10-30-18/h1-11H,12H2,(H,25,27). The molecule has 0 fully saturated rings. The summed E-state index contributed by atoms with van der Waals surface area (Å²) >= 11 is 1.29. The SMILES string of the molecule is O=C(COC(=O)c1ccc(NC(=O)c2cccs2)cc1)c1cccc(C(F)(F)F)c1. The summed E-state index contributed by atoms with van der Waals surface area (Å²) in [5, 5.41) is 4.45. The molecule has 3 aromatic rings. The topological polar surface area (TPSA) is 72.5 Å². The molecule has 5 nitrogen and oxygen atoms in total. The van der Waals surface area contributed by atoms with E-state index in [1.807, 2.05) is 0 Å². The third-order valence-corrected chi connectivity index (χ3v) is 4.84. The maximum Gasteiger partial charge on any atom is 0.416 e. The predicted octanol–water partition coefficient (Wildman–Crippen LogP) is 5.06. The van der Waals surface area contributed by atoms with Crippen molar-refractivity contribution in [2.75, 3.05) is 11.9 Å². The lowest BCUT2D eigenvalue weighted by Crippen LogP contribution is -2.15. The van der Waals surface area contributed by atoms with Gasteiger partial charge in [-0.25, -0.2) is 4.79 Å². The Morgan fingerprint density at radius 3 is 2.30 bits per heavy atom. The number of amides is 1. The fraction of sp³-hybridized carbons (Fsp3) is 0.0952. The molecule has 0 unspecified atom stereocenters. The minimum absolute atomic E-state index is 0.126. The van der Waals surface area contributed by atoms with Crippen molar-refractivity contribution < 1.29 is 32.3 Å². The largest absolute Gasteiger partial charge is 0.454 e. The number of ketones is 1. The first-order valence-corrected chi connectivity index (χ1v) is 9.44. The Hall–Kier alpha value is -3.46. The van der Waals surface area contributed by atoms with Gasteiger partial charge in [-0.2, -0.15) is 13.2 Å². The van der Waals surface area contributed by atoms with E-state index in [4.69, 9.17) is 4.74 Å². The lowest BCUT2D eigenvalue weighted by Gasteiger charge is -2.09. The third-order valence-electron chi connectivity index (χ3n) is 3.97. The van der Waals surface area contributed by atoms with Crippen molar-refractivity contribution in [3.63, 3.8) is 0 Å². The summed E-state index contributed by atoms with van der Waals surface area (Å²) in [5.74, 6) is -1.85. The van der Waals surface area contributed by atoms with Crippen LogP contribution in [0, 0.1) is 0 Å². The van der Waals surface area contributed by atoms with E-state index in [1.54, 1.807) is 17.5 Å². The van der Waals surface area contributed by atoms with Gasteiger partial charge >= 0.3 is 12.1 Å². The first-order chi connectivity index (χ1) is 14.2. The molecule has 9 heteroatoms. The van der Waals surface area contributed by atoms with E-state index in [9.17, 15) is 27.6 Å². The molecule has 1 N–H and O–H groups in total. The number of rotatable bonds is 6. The Morgan fingerprint density at radius 1 is 0.933 bits per heavy atom. The first-order valence-electron chi connectivity index (χ1n) is 8.56. The lowest BCUT2D eigenvalue weighted by molar-refractivity contribution is -0.137. The minimum Gasteiger partial charge on any atom is -0.454 e. The zero-order valence-corrected chi connectivity index (χ0v) is 16.0. The normalized spacial score (nSPS) is 11.0. The number of carbonyl (C=O) groups is 3. The third kappa shape index (κ3) is 5.32. The van der Waals surface area contributed by atoms with Crippen LogP contribution in [0.5, 0.6) is 0 Å². The number of alkyl halides is 3. The number of halogens is 3. The van der Waals surface area contributed by atoms with E-state index < -0.39 is 30.1 Å². The Bertz CT molecular complexity index is 1060. The summed E-state index contributed by atoms with van der Waals surface area (Å²) in [6, 6.07) is 13.1. The molecule has 0 saturated carbocycles. The molecule has 0 radical (unpaired) electrons. The molecular formula is C21H14F3NO4S. The Balaban J connectivity index is 1.57. The average molecular weight is 433 g/mol. The molecule has 0 aliphatic rings. The molecule has 1 heterocycles. The van der Waals surface area contributed by atoms with Crippen LogP contribution in [0.3, 0.4) is 0 Å². The molecule has 154 valence electrons. The van der Waals surface area contributed by atoms with E-state index in [2.05, 4.69) is 5.32 Å². The van der Waals surface area contributed by atoms with Gasteiger partial charge in [-0.3, -0.25) is 9.59 Å². The Morgan fingerprint density at radius 2 is 1.67 bits per heavy atom. The van der Waals surface area contributed by atoms with Gasteiger partial charge in [-0.1, -0.05) is 18.2 Å². The van der Waals surface area contributed by atoms with Crippen molar-refractivity contribution in [2.45, 2.75) is 6.18 Å². The zero-order valence-electron chi connectivity index (χ0n) is 15.2. The van der Waals surface area contributed by atoms with Crippen molar-refractivity contribution in [1.82, 2.24) is 0 Å². The van der Waals surface area contributed by atoms with Crippen LogP contribution in [-0.2, 0) is 10.9 Å². The van der Waals surface area contributed by atoms with E-state index >= 15 is 0 Å². The lowest BCUT2D eigenvalue weighted by atomic mass is 10.1. The number of thiophene rings is 1. The van der Waals surface area contributed by atoms with Crippen LogP contribution in [0.25, 0.3) is 0 Å². The van der Waals surface area contributed by atoms with E-state index in [1.165, 1.54) is 41.7 Å². The number of esters is 1. The molecule has 0 aliphatic heterocycles. The maximum absolute atomic E-state index is 12.7. The summed E-state index contributed by atoms with van der Waals surface area (Å²) in [5.41, 5.74) is -0.574. The van der Waals surface area contributed by atoms with Crippen molar-refractivity contribution >= 4 is 34.7 Å². The molecule has 0 spiro atoms. The predicted molar refractivity (Wildman–Crippen MR) is 105 cm³/mol. The van der Waals surface area contributed by atoms with Gasteiger partial charge in [0.25, 0.3) is 5.91 Å². The van der Waals surface area contributed by atoms with Crippen LogP contribution in [0.4, 0.5) is 18.9 Å². The summed E-state index contributed by atoms with van der Waals surface area (Å²) in [6.45, 7) is -0.697. The van der Waals surface area contributed by atoms with Crippen LogP contribution in [-0.4, -0.2) is 24.3 Å². The average Bonchev–Trinajstić information content (AvgIpc) is 3.27. The molecule has 0 aliphatic carbocycles. The number of Topliss-reactive ketones (excluding diaryl/α,β-unsaturated/α-hetero) is 1. The van der Waals surface area contributed by atoms with Crippen LogP contribution in [0.2, 0.25) is 0 Å². The van der Waals surface area contributed by atoms with Gasteiger partial charge in [0.2, 0.25) is 0 Å². The van der Waals surface area contributed by atoms with Crippen LogP contribution in [0.1, 0.15) is 36.0 Å². The summed E-state index contributed by atoms with van der Waals surface area (Å²) < 4.78 is 43.1. The molecule has 0 bridgehead atoms. The molecule has 2 aromatic carbocycles. The van der Waals surface area contributed by atoms with Gasteiger partial charge in [0.05, 0.1) is 16.0 Å². The van der Waals surface area contributed by atoms with Crippen molar-refractivity contribution in [3.8, 4) is 0 Å². The number of hydrogen-bond donors (Lipinski definition) is 1. The second-order valence-corrected chi connectivity index (χ2v) is 7.03. The fourth-order valence-electron chi connectivity index (χ4n) is 2.46. The second kappa shape index (κ2) is 8.91.